The number of hydrogen-bond donors (Lipinski definition) is 2. The summed E-state index contributed by atoms with van der Waals surface area (Å²) in [4.78, 5) is 0. The summed E-state index contributed by atoms with van der Waals surface area (Å²) in [6.07, 6.45) is 3.88. The molecule has 0 spiro atoms. The highest BCUT2D eigenvalue weighted by Crippen LogP contribution is 2.34. The Hall–Kier alpha value is -0.770. The van der Waals surface area contributed by atoms with Gasteiger partial charge in [0.05, 0.1) is 0 Å². The van der Waals surface area contributed by atoms with Crippen LogP contribution in [0.5, 0.6) is 0 Å². The van der Waals surface area contributed by atoms with Crippen LogP contribution in [0, 0.1) is 5.92 Å². The second kappa shape index (κ2) is 4.64. The number of amidine groups is 1. The highest BCUT2D eigenvalue weighted by Gasteiger charge is 2.39. The summed E-state index contributed by atoms with van der Waals surface area (Å²) in [5.41, 5.74) is 5.19. The van der Waals surface area contributed by atoms with E-state index in [0.29, 0.717) is 6.61 Å². The minimum Gasteiger partial charge on any atom is -0.409 e. The lowest BCUT2D eigenvalue weighted by Gasteiger charge is -2.37. The Kier molecular flexibility index (Phi) is 3.75. The molecule has 0 aromatic carbocycles. The molecule has 0 radical (unpaired) electrons. The first kappa shape index (κ1) is 11.3. The van der Waals surface area contributed by atoms with E-state index in [1.165, 1.54) is 0 Å². The van der Waals surface area contributed by atoms with Gasteiger partial charge in [0.15, 0.2) is 5.84 Å². The molecule has 82 valence electrons. The van der Waals surface area contributed by atoms with Gasteiger partial charge in [0.2, 0.25) is 0 Å². The highest BCUT2D eigenvalue weighted by atomic mass is 16.5. The van der Waals surface area contributed by atoms with E-state index in [4.69, 9.17) is 15.7 Å². The van der Waals surface area contributed by atoms with Gasteiger partial charge in [-0.1, -0.05) is 12.1 Å². The average molecular weight is 200 g/mol. The molecule has 0 unspecified atom stereocenters. The number of hydrogen-bond acceptors (Lipinski definition) is 3. The third kappa shape index (κ3) is 2.18. The third-order valence-electron chi connectivity index (χ3n) is 3.08. The van der Waals surface area contributed by atoms with Crippen molar-refractivity contribution in [2.45, 2.75) is 45.1 Å². The SMILES string of the molecule is CCOC1(C(N)=NO)CCC(C)CC1. The maximum atomic E-state index is 8.73. The summed E-state index contributed by atoms with van der Waals surface area (Å²) in [6.45, 7) is 4.76. The fourth-order valence-electron chi connectivity index (χ4n) is 2.07. The molecule has 3 N–H and O–H groups in total. The number of ether oxygens (including phenoxy) is 1. The number of nitrogens with two attached hydrogens (primary N) is 1. The third-order valence-corrected chi connectivity index (χ3v) is 3.08. The zero-order chi connectivity index (χ0) is 10.6. The first-order valence-corrected chi connectivity index (χ1v) is 5.26. The van der Waals surface area contributed by atoms with Crippen molar-refractivity contribution in [2.24, 2.45) is 16.8 Å². The number of oxime groups is 1. The monoisotopic (exact) mass is 200 g/mol. The Labute approximate surface area is 85.1 Å². The molecule has 0 aromatic rings. The predicted molar refractivity (Wildman–Crippen MR) is 55.4 cm³/mol. The second-order valence-corrected chi connectivity index (χ2v) is 4.10. The van der Waals surface area contributed by atoms with Crippen molar-refractivity contribution < 1.29 is 9.94 Å². The van der Waals surface area contributed by atoms with Crippen LogP contribution >= 0.6 is 0 Å². The minimum absolute atomic E-state index is 0.228. The first-order valence-electron chi connectivity index (χ1n) is 5.26. The summed E-state index contributed by atoms with van der Waals surface area (Å²) in [7, 11) is 0. The van der Waals surface area contributed by atoms with Gasteiger partial charge >= 0.3 is 0 Å². The number of rotatable bonds is 3. The predicted octanol–water partition coefficient (Wildman–Crippen LogP) is 1.72. The van der Waals surface area contributed by atoms with Crippen LogP contribution < -0.4 is 5.73 Å². The van der Waals surface area contributed by atoms with Crippen molar-refractivity contribution >= 4 is 5.84 Å². The Balaban J connectivity index is 2.72. The van der Waals surface area contributed by atoms with Gasteiger partial charge in [-0.25, -0.2) is 0 Å². The van der Waals surface area contributed by atoms with Crippen molar-refractivity contribution in [1.82, 2.24) is 0 Å². The smallest absolute Gasteiger partial charge is 0.171 e. The largest absolute Gasteiger partial charge is 0.409 e. The Morgan fingerprint density at radius 2 is 2.14 bits per heavy atom. The van der Waals surface area contributed by atoms with Crippen LogP contribution in [-0.2, 0) is 4.74 Å². The van der Waals surface area contributed by atoms with Crippen LogP contribution in [0.25, 0.3) is 0 Å². The Morgan fingerprint density at radius 3 is 2.57 bits per heavy atom. The molecule has 1 rings (SSSR count). The number of nitrogens with zero attached hydrogens (tertiary/aromatic N) is 1. The van der Waals surface area contributed by atoms with Gasteiger partial charge in [-0.05, 0) is 38.5 Å². The van der Waals surface area contributed by atoms with E-state index in [2.05, 4.69) is 12.1 Å². The van der Waals surface area contributed by atoms with Crippen molar-refractivity contribution in [3.63, 3.8) is 0 Å². The first-order chi connectivity index (χ1) is 6.64. The van der Waals surface area contributed by atoms with Gasteiger partial charge in [-0.3, -0.25) is 0 Å². The van der Waals surface area contributed by atoms with Gasteiger partial charge in [0.1, 0.15) is 5.60 Å². The van der Waals surface area contributed by atoms with Gasteiger partial charge in [-0.15, -0.1) is 0 Å². The van der Waals surface area contributed by atoms with Crippen molar-refractivity contribution in [1.29, 1.82) is 0 Å². The van der Waals surface area contributed by atoms with Crippen LogP contribution in [0.4, 0.5) is 0 Å². The Morgan fingerprint density at radius 1 is 1.57 bits per heavy atom. The molecule has 0 aromatic heterocycles. The summed E-state index contributed by atoms with van der Waals surface area (Å²) in [6, 6.07) is 0. The maximum Gasteiger partial charge on any atom is 0.171 e. The van der Waals surface area contributed by atoms with E-state index in [1.807, 2.05) is 6.92 Å². The second-order valence-electron chi connectivity index (χ2n) is 4.10. The molecule has 1 fully saturated rings. The summed E-state index contributed by atoms with van der Waals surface area (Å²) in [5.74, 6) is 0.946. The van der Waals surface area contributed by atoms with E-state index in [9.17, 15) is 0 Å². The normalized spacial score (nSPS) is 34.4. The molecule has 14 heavy (non-hydrogen) atoms. The molecular formula is C10H20N2O2. The minimum atomic E-state index is -0.504. The van der Waals surface area contributed by atoms with Crippen LogP contribution in [0.15, 0.2) is 5.16 Å². The van der Waals surface area contributed by atoms with Crippen LogP contribution in [0.3, 0.4) is 0 Å². The fraction of sp³-hybridized carbons (Fsp3) is 0.900. The van der Waals surface area contributed by atoms with Gasteiger partial charge < -0.3 is 15.7 Å². The lowest BCUT2D eigenvalue weighted by molar-refractivity contribution is -0.0219. The van der Waals surface area contributed by atoms with Crippen molar-refractivity contribution in [2.75, 3.05) is 6.61 Å². The molecule has 0 bridgehead atoms. The molecule has 1 saturated carbocycles. The molecule has 0 atom stereocenters. The van der Waals surface area contributed by atoms with Crippen molar-refractivity contribution in [3.05, 3.63) is 0 Å². The molecule has 0 aliphatic heterocycles. The van der Waals surface area contributed by atoms with Crippen LogP contribution in [0.1, 0.15) is 39.5 Å². The summed E-state index contributed by atoms with van der Waals surface area (Å²) < 4.78 is 5.66. The molecule has 4 heteroatoms. The summed E-state index contributed by atoms with van der Waals surface area (Å²) >= 11 is 0. The molecule has 0 amide bonds. The Bertz CT molecular complexity index is 208. The molecule has 0 saturated heterocycles. The highest BCUT2D eigenvalue weighted by molar-refractivity contribution is 5.88. The molecule has 1 aliphatic rings. The van der Waals surface area contributed by atoms with E-state index in [0.717, 1.165) is 31.6 Å². The molecule has 0 heterocycles. The molecular weight excluding hydrogens is 180 g/mol. The topological polar surface area (TPSA) is 67.8 Å². The maximum absolute atomic E-state index is 8.73. The van der Waals surface area contributed by atoms with Gasteiger partial charge in [-0.2, -0.15) is 0 Å². The van der Waals surface area contributed by atoms with E-state index >= 15 is 0 Å². The standard InChI is InChI=1S/C10H20N2O2/c1-3-14-10(9(11)12-13)6-4-8(2)5-7-10/h8,13H,3-7H2,1-2H3,(H2,11,12). The van der Waals surface area contributed by atoms with Crippen LogP contribution in [0.2, 0.25) is 0 Å². The fourth-order valence-corrected chi connectivity index (χ4v) is 2.07. The van der Waals surface area contributed by atoms with E-state index in [-0.39, 0.29) is 5.84 Å². The van der Waals surface area contributed by atoms with E-state index in [1.54, 1.807) is 0 Å². The zero-order valence-corrected chi connectivity index (χ0v) is 8.99. The summed E-state index contributed by atoms with van der Waals surface area (Å²) in [5, 5.41) is 11.8. The van der Waals surface area contributed by atoms with Gasteiger partial charge in [0, 0.05) is 6.61 Å². The average Bonchev–Trinajstić information content (AvgIpc) is 2.21. The molecule has 4 nitrogen and oxygen atoms in total. The van der Waals surface area contributed by atoms with Crippen molar-refractivity contribution in [3.8, 4) is 0 Å². The lowest BCUT2D eigenvalue weighted by atomic mass is 9.79. The lowest BCUT2D eigenvalue weighted by Crippen LogP contribution is -2.48. The van der Waals surface area contributed by atoms with Gasteiger partial charge in [0.25, 0.3) is 0 Å². The zero-order valence-electron chi connectivity index (χ0n) is 8.99. The van der Waals surface area contributed by atoms with E-state index < -0.39 is 5.60 Å². The van der Waals surface area contributed by atoms with Crippen LogP contribution in [-0.4, -0.2) is 23.3 Å². The molecule has 1 aliphatic carbocycles. The quantitative estimate of drug-likeness (QED) is 0.315.